The maximum Gasteiger partial charge on any atom is 0.222 e. The first kappa shape index (κ1) is 18.4. The van der Waals surface area contributed by atoms with E-state index in [0.29, 0.717) is 18.4 Å². The van der Waals surface area contributed by atoms with Gasteiger partial charge in [0.1, 0.15) is 0 Å². The number of carbonyl (C=O) groups excluding carboxylic acids is 1. The summed E-state index contributed by atoms with van der Waals surface area (Å²) in [4.78, 5) is 17.4. The van der Waals surface area contributed by atoms with Crippen LogP contribution in [0.2, 0.25) is 0 Å². The zero-order chi connectivity index (χ0) is 17.3. The highest BCUT2D eigenvalue weighted by Gasteiger charge is 2.28. The number of morpholine rings is 1. The van der Waals surface area contributed by atoms with Crippen molar-refractivity contribution in [3.05, 3.63) is 35.9 Å². The van der Waals surface area contributed by atoms with E-state index < -0.39 is 0 Å². The Labute approximate surface area is 152 Å². The Morgan fingerprint density at radius 2 is 1.84 bits per heavy atom. The van der Waals surface area contributed by atoms with Crippen molar-refractivity contribution in [2.45, 2.75) is 51.0 Å². The van der Waals surface area contributed by atoms with Gasteiger partial charge in [0.2, 0.25) is 5.91 Å². The van der Waals surface area contributed by atoms with Crippen molar-refractivity contribution in [3.8, 4) is 0 Å². The van der Waals surface area contributed by atoms with Gasteiger partial charge in [-0.2, -0.15) is 0 Å². The minimum atomic E-state index is 0.367. The van der Waals surface area contributed by atoms with Gasteiger partial charge in [0.25, 0.3) is 0 Å². The fourth-order valence-corrected chi connectivity index (χ4v) is 3.99. The lowest BCUT2D eigenvalue weighted by molar-refractivity contribution is -0.135. The van der Waals surface area contributed by atoms with Crippen LogP contribution in [-0.4, -0.2) is 61.1 Å². The third-order valence-corrected chi connectivity index (χ3v) is 5.47. The van der Waals surface area contributed by atoms with Crippen LogP contribution in [-0.2, 0) is 16.0 Å². The third-order valence-electron chi connectivity index (χ3n) is 5.47. The molecule has 0 N–H and O–H groups in total. The molecule has 0 saturated carbocycles. The summed E-state index contributed by atoms with van der Waals surface area (Å²) in [7, 11) is 0. The minimum Gasteiger partial charge on any atom is -0.379 e. The fourth-order valence-electron chi connectivity index (χ4n) is 3.99. The van der Waals surface area contributed by atoms with Crippen LogP contribution in [0.5, 0.6) is 0 Å². The van der Waals surface area contributed by atoms with Crippen LogP contribution in [0.15, 0.2) is 30.3 Å². The number of aryl methyl sites for hydroxylation is 1. The standard InChI is InChI=1S/C21H32N2O2/c24-21(12-5-4-10-19-8-2-1-3-9-19)23-13-7-6-11-20(23)18-22-14-16-25-17-15-22/h1-3,8-9,20H,4-7,10-18H2. The molecule has 25 heavy (non-hydrogen) atoms. The Bertz CT molecular complexity index is 514. The minimum absolute atomic E-state index is 0.367. The van der Waals surface area contributed by atoms with Gasteiger partial charge >= 0.3 is 0 Å². The van der Waals surface area contributed by atoms with Crippen molar-refractivity contribution in [2.24, 2.45) is 0 Å². The summed E-state index contributed by atoms with van der Waals surface area (Å²) in [6, 6.07) is 11.0. The van der Waals surface area contributed by atoms with Gasteiger partial charge in [-0.3, -0.25) is 9.69 Å². The molecular weight excluding hydrogens is 312 g/mol. The summed E-state index contributed by atoms with van der Waals surface area (Å²) >= 11 is 0. The van der Waals surface area contributed by atoms with Gasteiger partial charge < -0.3 is 9.64 Å². The number of carbonyl (C=O) groups is 1. The van der Waals surface area contributed by atoms with E-state index in [2.05, 4.69) is 40.1 Å². The molecule has 0 radical (unpaired) electrons. The van der Waals surface area contributed by atoms with Crippen molar-refractivity contribution in [1.82, 2.24) is 9.80 Å². The number of rotatable bonds is 7. The maximum atomic E-state index is 12.7. The van der Waals surface area contributed by atoms with Crippen molar-refractivity contribution in [1.29, 1.82) is 0 Å². The highest BCUT2D eigenvalue weighted by Crippen LogP contribution is 2.20. The number of ether oxygens (including phenoxy) is 1. The van der Waals surface area contributed by atoms with Gasteiger partial charge in [-0.1, -0.05) is 30.3 Å². The first-order chi connectivity index (χ1) is 12.3. The van der Waals surface area contributed by atoms with Crippen LogP contribution in [0.1, 0.15) is 44.1 Å². The molecule has 3 rings (SSSR count). The molecule has 2 aliphatic rings. The van der Waals surface area contributed by atoms with E-state index in [0.717, 1.165) is 71.5 Å². The summed E-state index contributed by atoms with van der Waals surface area (Å²) in [5.74, 6) is 0.367. The number of hydrogen-bond acceptors (Lipinski definition) is 3. The van der Waals surface area contributed by atoms with Crippen molar-refractivity contribution in [3.63, 3.8) is 0 Å². The van der Waals surface area contributed by atoms with Crippen LogP contribution in [0, 0.1) is 0 Å². The average Bonchev–Trinajstić information content (AvgIpc) is 2.67. The van der Waals surface area contributed by atoms with E-state index in [1.165, 1.54) is 12.0 Å². The monoisotopic (exact) mass is 344 g/mol. The van der Waals surface area contributed by atoms with Crippen LogP contribution < -0.4 is 0 Å². The predicted octanol–water partition coefficient (Wildman–Crippen LogP) is 3.11. The maximum absolute atomic E-state index is 12.7. The lowest BCUT2D eigenvalue weighted by Gasteiger charge is -2.39. The molecule has 1 amide bonds. The van der Waals surface area contributed by atoms with E-state index in [4.69, 9.17) is 4.74 Å². The molecule has 2 aliphatic heterocycles. The Morgan fingerprint density at radius 3 is 2.64 bits per heavy atom. The quantitative estimate of drug-likeness (QED) is 0.713. The van der Waals surface area contributed by atoms with E-state index in [1.54, 1.807) is 0 Å². The first-order valence-corrected chi connectivity index (χ1v) is 9.96. The molecule has 0 aromatic heterocycles. The van der Waals surface area contributed by atoms with Gasteiger partial charge in [0.05, 0.1) is 13.2 Å². The van der Waals surface area contributed by atoms with Crippen molar-refractivity contribution in [2.75, 3.05) is 39.4 Å². The van der Waals surface area contributed by atoms with Gasteiger partial charge in [-0.25, -0.2) is 0 Å². The summed E-state index contributed by atoms with van der Waals surface area (Å²) < 4.78 is 5.44. The van der Waals surface area contributed by atoms with Gasteiger partial charge in [0.15, 0.2) is 0 Å². The molecule has 1 unspecified atom stereocenters. The molecule has 2 saturated heterocycles. The number of piperidine rings is 1. The van der Waals surface area contributed by atoms with Crippen molar-refractivity contribution < 1.29 is 9.53 Å². The lowest BCUT2D eigenvalue weighted by Crippen LogP contribution is -2.51. The number of hydrogen-bond donors (Lipinski definition) is 0. The third kappa shape index (κ3) is 5.82. The lowest BCUT2D eigenvalue weighted by atomic mass is 10.00. The number of likely N-dealkylation sites (tertiary alicyclic amines) is 1. The van der Waals surface area contributed by atoms with Crippen LogP contribution in [0.3, 0.4) is 0 Å². The molecule has 1 aromatic carbocycles. The van der Waals surface area contributed by atoms with Crippen LogP contribution in [0.25, 0.3) is 0 Å². The second-order valence-electron chi connectivity index (χ2n) is 7.34. The topological polar surface area (TPSA) is 32.8 Å². The molecular formula is C21H32N2O2. The fraction of sp³-hybridized carbons (Fsp3) is 0.667. The SMILES string of the molecule is O=C(CCCCc1ccccc1)N1CCCCC1CN1CCOCC1. The summed E-state index contributed by atoms with van der Waals surface area (Å²) in [5.41, 5.74) is 1.37. The van der Waals surface area contributed by atoms with Gasteiger partial charge in [-0.15, -0.1) is 0 Å². The van der Waals surface area contributed by atoms with Crippen LogP contribution in [0.4, 0.5) is 0 Å². The van der Waals surface area contributed by atoms with E-state index in [-0.39, 0.29) is 0 Å². The highest BCUT2D eigenvalue weighted by atomic mass is 16.5. The van der Waals surface area contributed by atoms with Gasteiger partial charge in [0, 0.05) is 38.6 Å². The summed E-state index contributed by atoms with van der Waals surface area (Å²) in [6.07, 6.45) is 7.44. The molecule has 138 valence electrons. The Balaban J connectivity index is 1.42. The normalized spacial score (nSPS) is 22.1. The molecule has 2 heterocycles. The van der Waals surface area contributed by atoms with E-state index in [1.807, 2.05) is 0 Å². The number of amides is 1. The molecule has 4 heteroatoms. The average molecular weight is 344 g/mol. The molecule has 0 aliphatic carbocycles. The number of nitrogens with zero attached hydrogens (tertiary/aromatic N) is 2. The van der Waals surface area contributed by atoms with E-state index >= 15 is 0 Å². The largest absolute Gasteiger partial charge is 0.379 e. The molecule has 0 spiro atoms. The molecule has 1 atom stereocenters. The molecule has 2 fully saturated rings. The van der Waals surface area contributed by atoms with Crippen LogP contribution >= 0.6 is 0 Å². The smallest absolute Gasteiger partial charge is 0.222 e. The number of unbranched alkanes of at least 4 members (excludes halogenated alkanes) is 1. The summed E-state index contributed by atoms with van der Waals surface area (Å²) in [6.45, 7) is 5.66. The first-order valence-electron chi connectivity index (χ1n) is 9.96. The highest BCUT2D eigenvalue weighted by molar-refractivity contribution is 5.76. The molecule has 4 nitrogen and oxygen atoms in total. The van der Waals surface area contributed by atoms with Gasteiger partial charge in [-0.05, 0) is 44.1 Å². The second kappa shape index (κ2) is 9.93. The van der Waals surface area contributed by atoms with Crippen molar-refractivity contribution >= 4 is 5.91 Å². The number of benzene rings is 1. The van der Waals surface area contributed by atoms with E-state index in [9.17, 15) is 4.79 Å². The summed E-state index contributed by atoms with van der Waals surface area (Å²) in [5, 5.41) is 0. The Hall–Kier alpha value is -1.39. The molecule has 1 aromatic rings. The zero-order valence-electron chi connectivity index (χ0n) is 15.4. The second-order valence-corrected chi connectivity index (χ2v) is 7.34. The zero-order valence-corrected chi connectivity index (χ0v) is 15.4. The Morgan fingerprint density at radius 1 is 1.04 bits per heavy atom. The Kier molecular flexibility index (Phi) is 7.31. The molecule has 0 bridgehead atoms. The predicted molar refractivity (Wildman–Crippen MR) is 101 cm³/mol.